The Morgan fingerprint density at radius 1 is 1.39 bits per heavy atom. The zero-order valence-corrected chi connectivity index (χ0v) is 12.9. The van der Waals surface area contributed by atoms with E-state index in [1.54, 1.807) is 0 Å². The molecule has 2 rings (SSSR count). The zero-order valence-electron chi connectivity index (χ0n) is 9.72. The second kappa shape index (κ2) is 6.45. The van der Waals surface area contributed by atoms with Gasteiger partial charge >= 0.3 is 0 Å². The Balaban J connectivity index is 1.93. The lowest BCUT2D eigenvalue weighted by molar-refractivity contribution is 0.102. The number of ketones is 1. The highest BCUT2D eigenvalue weighted by atomic mass is 79.9. The van der Waals surface area contributed by atoms with Crippen molar-refractivity contribution in [2.45, 2.75) is 17.7 Å². The van der Waals surface area contributed by atoms with E-state index in [9.17, 15) is 4.79 Å². The number of benzene rings is 1. The SMILES string of the molecule is CCc1nsc(SCC(=O)c2ccc(Br)cc2)n1. The van der Waals surface area contributed by atoms with Crippen molar-refractivity contribution in [2.75, 3.05) is 5.75 Å². The summed E-state index contributed by atoms with van der Waals surface area (Å²) in [5.74, 6) is 1.36. The summed E-state index contributed by atoms with van der Waals surface area (Å²) in [5.41, 5.74) is 0.728. The van der Waals surface area contributed by atoms with E-state index in [-0.39, 0.29) is 5.78 Å². The molecule has 2 aromatic rings. The van der Waals surface area contributed by atoms with Crippen LogP contribution in [0.2, 0.25) is 0 Å². The smallest absolute Gasteiger partial charge is 0.173 e. The van der Waals surface area contributed by atoms with E-state index in [0.717, 1.165) is 26.6 Å². The lowest BCUT2D eigenvalue weighted by Gasteiger charge is -1.99. The van der Waals surface area contributed by atoms with Gasteiger partial charge in [-0.1, -0.05) is 46.7 Å². The van der Waals surface area contributed by atoms with Crippen LogP contribution in [-0.4, -0.2) is 20.9 Å². The Bertz CT molecular complexity index is 539. The largest absolute Gasteiger partial charge is 0.293 e. The number of thioether (sulfide) groups is 1. The lowest BCUT2D eigenvalue weighted by Crippen LogP contribution is -2.01. The van der Waals surface area contributed by atoms with Gasteiger partial charge in [0.05, 0.1) is 5.75 Å². The number of aromatic nitrogens is 2. The van der Waals surface area contributed by atoms with Crippen LogP contribution in [0.3, 0.4) is 0 Å². The minimum Gasteiger partial charge on any atom is -0.293 e. The summed E-state index contributed by atoms with van der Waals surface area (Å²) in [7, 11) is 0. The average Bonchev–Trinajstić information content (AvgIpc) is 2.85. The highest BCUT2D eigenvalue weighted by Crippen LogP contribution is 2.21. The highest BCUT2D eigenvalue weighted by Gasteiger charge is 2.09. The molecule has 0 saturated carbocycles. The molecule has 0 fully saturated rings. The van der Waals surface area contributed by atoms with Gasteiger partial charge in [0, 0.05) is 16.5 Å². The predicted molar refractivity (Wildman–Crippen MR) is 78.5 cm³/mol. The number of hydrogen-bond donors (Lipinski definition) is 0. The monoisotopic (exact) mass is 342 g/mol. The molecule has 6 heteroatoms. The Labute approximate surface area is 122 Å². The molecule has 18 heavy (non-hydrogen) atoms. The van der Waals surface area contributed by atoms with E-state index in [1.165, 1.54) is 23.3 Å². The average molecular weight is 343 g/mol. The van der Waals surface area contributed by atoms with E-state index in [4.69, 9.17) is 0 Å². The molecule has 3 nitrogen and oxygen atoms in total. The fourth-order valence-corrected chi connectivity index (χ4v) is 3.14. The van der Waals surface area contributed by atoms with Crippen LogP contribution in [-0.2, 0) is 6.42 Å². The normalized spacial score (nSPS) is 10.6. The topological polar surface area (TPSA) is 42.9 Å². The van der Waals surface area contributed by atoms with Crippen molar-refractivity contribution >= 4 is 45.0 Å². The standard InChI is InChI=1S/C12H11BrN2OS2/c1-2-11-14-12(18-15-11)17-7-10(16)8-3-5-9(13)6-4-8/h3-6H,2,7H2,1H3. The molecular weight excluding hydrogens is 332 g/mol. The molecule has 0 unspecified atom stereocenters. The third kappa shape index (κ3) is 3.63. The molecule has 0 bridgehead atoms. The third-order valence-electron chi connectivity index (χ3n) is 2.26. The number of nitrogens with zero attached hydrogens (tertiary/aromatic N) is 2. The van der Waals surface area contributed by atoms with Crippen molar-refractivity contribution in [3.05, 3.63) is 40.1 Å². The van der Waals surface area contributed by atoms with Crippen molar-refractivity contribution in [1.82, 2.24) is 9.36 Å². The van der Waals surface area contributed by atoms with Crippen molar-refractivity contribution in [1.29, 1.82) is 0 Å². The van der Waals surface area contributed by atoms with E-state index < -0.39 is 0 Å². The Kier molecular flexibility index (Phi) is 4.91. The first-order valence-electron chi connectivity index (χ1n) is 5.43. The molecule has 0 atom stereocenters. The summed E-state index contributed by atoms with van der Waals surface area (Å²) in [5, 5.41) is 0. The Morgan fingerprint density at radius 3 is 2.72 bits per heavy atom. The quantitative estimate of drug-likeness (QED) is 0.611. The van der Waals surface area contributed by atoms with Crippen LogP contribution in [0.15, 0.2) is 33.1 Å². The Morgan fingerprint density at radius 2 is 2.11 bits per heavy atom. The van der Waals surface area contributed by atoms with E-state index in [0.29, 0.717) is 5.75 Å². The van der Waals surface area contributed by atoms with Gasteiger partial charge in [-0.25, -0.2) is 4.98 Å². The van der Waals surface area contributed by atoms with Crippen LogP contribution < -0.4 is 0 Å². The highest BCUT2D eigenvalue weighted by molar-refractivity contribution is 9.10. The molecule has 1 heterocycles. The number of carbonyl (C=O) groups excluding carboxylic acids is 1. The molecule has 0 aliphatic rings. The van der Waals surface area contributed by atoms with Crippen molar-refractivity contribution in [3.8, 4) is 0 Å². The molecule has 0 aliphatic carbocycles. The van der Waals surface area contributed by atoms with E-state index in [1.807, 2.05) is 31.2 Å². The first-order valence-corrected chi connectivity index (χ1v) is 7.98. The molecule has 1 aromatic carbocycles. The molecule has 0 amide bonds. The number of halogens is 1. The van der Waals surface area contributed by atoms with Gasteiger partial charge < -0.3 is 0 Å². The van der Waals surface area contributed by atoms with Crippen LogP contribution >= 0.6 is 39.2 Å². The van der Waals surface area contributed by atoms with Gasteiger partial charge in [-0.2, -0.15) is 4.37 Å². The van der Waals surface area contributed by atoms with Crippen LogP contribution in [0, 0.1) is 0 Å². The van der Waals surface area contributed by atoms with Crippen LogP contribution in [0.5, 0.6) is 0 Å². The number of hydrogen-bond acceptors (Lipinski definition) is 5. The van der Waals surface area contributed by atoms with Crippen molar-refractivity contribution < 1.29 is 4.79 Å². The first-order chi connectivity index (χ1) is 8.69. The summed E-state index contributed by atoms with van der Waals surface area (Å²) in [4.78, 5) is 16.2. The minimum atomic E-state index is 0.112. The van der Waals surface area contributed by atoms with Gasteiger partial charge in [0.1, 0.15) is 5.82 Å². The number of Topliss-reactive ketones (excluding diaryl/α,β-unsaturated/α-hetero) is 1. The van der Waals surface area contributed by atoms with Crippen molar-refractivity contribution in [3.63, 3.8) is 0 Å². The summed E-state index contributed by atoms with van der Waals surface area (Å²) >= 11 is 6.15. The van der Waals surface area contributed by atoms with Gasteiger partial charge in [0.2, 0.25) is 0 Å². The summed E-state index contributed by atoms with van der Waals surface area (Å²) in [6, 6.07) is 7.39. The van der Waals surface area contributed by atoms with Gasteiger partial charge in [-0.15, -0.1) is 0 Å². The molecule has 0 radical (unpaired) electrons. The Hall–Kier alpha value is -0.720. The lowest BCUT2D eigenvalue weighted by atomic mass is 10.2. The van der Waals surface area contributed by atoms with Gasteiger partial charge in [-0.3, -0.25) is 4.79 Å². The molecule has 0 N–H and O–H groups in total. The van der Waals surface area contributed by atoms with Gasteiger partial charge in [0.15, 0.2) is 10.1 Å². The van der Waals surface area contributed by atoms with Crippen LogP contribution in [0.1, 0.15) is 23.1 Å². The van der Waals surface area contributed by atoms with E-state index in [2.05, 4.69) is 25.3 Å². The first kappa shape index (κ1) is 13.7. The number of carbonyl (C=O) groups is 1. The van der Waals surface area contributed by atoms with E-state index >= 15 is 0 Å². The predicted octanol–water partition coefficient (Wildman–Crippen LogP) is 3.84. The molecule has 1 aromatic heterocycles. The molecule has 0 saturated heterocycles. The van der Waals surface area contributed by atoms with Crippen LogP contribution in [0.25, 0.3) is 0 Å². The second-order valence-electron chi connectivity index (χ2n) is 3.55. The molecule has 94 valence electrons. The van der Waals surface area contributed by atoms with Crippen molar-refractivity contribution in [2.24, 2.45) is 0 Å². The van der Waals surface area contributed by atoms with Gasteiger partial charge in [-0.05, 0) is 23.7 Å². The second-order valence-corrected chi connectivity index (χ2v) is 6.44. The maximum Gasteiger partial charge on any atom is 0.173 e. The van der Waals surface area contributed by atoms with Gasteiger partial charge in [0.25, 0.3) is 0 Å². The summed E-state index contributed by atoms with van der Waals surface area (Å²) < 4.78 is 6.02. The molecule has 0 spiro atoms. The van der Waals surface area contributed by atoms with Crippen LogP contribution in [0.4, 0.5) is 0 Å². The molecule has 0 aliphatic heterocycles. The summed E-state index contributed by atoms with van der Waals surface area (Å²) in [6.07, 6.45) is 0.831. The fourth-order valence-electron chi connectivity index (χ4n) is 1.29. The molecular formula is C12H11BrN2OS2. The minimum absolute atomic E-state index is 0.112. The fraction of sp³-hybridized carbons (Fsp3) is 0.250. The summed E-state index contributed by atoms with van der Waals surface area (Å²) in [6.45, 7) is 2.02. The number of rotatable bonds is 5. The third-order valence-corrected chi connectivity index (χ3v) is 4.66. The zero-order chi connectivity index (χ0) is 13.0. The number of aryl methyl sites for hydroxylation is 1. The maximum absolute atomic E-state index is 11.9. The maximum atomic E-state index is 11.9.